The monoisotopic (exact) mass is 452 g/mol. The van der Waals surface area contributed by atoms with Crippen LogP contribution >= 0.6 is 11.3 Å². The molecule has 5 aromatic rings. The molecule has 0 N–H and O–H groups in total. The number of hydrogen-bond donors (Lipinski definition) is 0. The second-order valence-electron chi connectivity index (χ2n) is 7.73. The highest BCUT2D eigenvalue weighted by molar-refractivity contribution is 7.17. The predicted molar refractivity (Wildman–Crippen MR) is 136 cm³/mol. The van der Waals surface area contributed by atoms with Crippen molar-refractivity contribution >= 4 is 38.2 Å². The molecule has 0 saturated carbocycles. The summed E-state index contributed by atoms with van der Waals surface area (Å²) in [4.78, 5) is 18.3. The van der Waals surface area contributed by atoms with Crippen molar-refractivity contribution in [2.75, 3.05) is 13.2 Å². The molecule has 0 bridgehead atoms. The molecule has 4 aromatic carbocycles. The molecule has 0 aliphatic carbocycles. The van der Waals surface area contributed by atoms with E-state index in [1.165, 1.54) is 10.8 Å². The normalized spacial score (nSPS) is 12.0. The zero-order valence-corrected chi connectivity index (χ0v) is 19.2. The van der Waals surface area contributed by atoms with Crippen LogP contribution in [0.2, 0.25) is 0 Å². The number of amides is 1. The van der Waals surface area contributed by atoms with Gasteiger partial charge in [-0.15, -0.1) is 0 Å². The summed E-state index contributed by atoms with van der Waals surface area (Å²) < 4.78 is 8.83. The maximum absolute atomic E-state index is 13.1. The lowest BCUT2D eigenvalue weighted by molar-refractivity contribution is 0.0996. The Bertz CT molecular complexity index is 1480. The van der Waals surface area contributed by atoms with Crippen molar-refractivity contribution in [3.63, 3.8) is 0 Å². The minimum absolute atomic E-state index is 0.240. The SMILES string of the molecule is CCOCCn1c(=NC(=O)c2ccc(-c3ccccc3)cc2)sc2c3ccccc3ccc21. The summed E-state index contributed by atoms with van der Waals surface area (Å²) in [5, 5.41) is 2.35. The van der Waals surface area contributed by atoms with E-state index in [4.69, 9.17) is 4.74 Å². The number of fused-ring (bicyclic) bond motifs is 3. The average molecular weight is 453 g/mol. The molecule has 1 heterocycles. The van der Waals surface area contributed by atoms with E-state index < -0.39 is 0 Å². The van der Waals surface area contributed by atoms with E-state index in [1.54, 1.807) is 11.3 Å². The maximum atomic E-state index is 13.1. The second kappa shape index (κ2) is 9.53. The van der Waals surface area contributed by atoms with E-state index in [-0.39, 0.29) is 5.91 Å². The Morgan fingerprint density at radius 3 is 2.39 bits per heavy atom. The molecule has 1 aromatic heterocycles. The smallest absolute Gasteiger partial charge is 0.279 e. The van der Waals surface area contributed by atoms with Crippen LogP contribution in [-0.2, 0) is 11.3 Å². The number of benzene rings is 4. The fourth-order valence-electron chi connectivity index (χ4n) is 3.99. The van der Waals surface area contributed by atoms with Crippen molar-refractivity contribution in [3.8, 4) is 11.1 Å². The molecule has 0 fully saturated rings. The number of rotatable bonds is 6. The number of carbonyl (C=O) groups is 1. The van der Waals surface area contributed by atoms with E-state index >= 15 is 0 Å². The van der Waals surface area contributed by atoms with Crippen LogP contribution in [0.15, 0.2) is 96.0 Å². The van der Waals surface area contributed by atoms with E-state index in [2.05, 4.69) is 46.0 Å². The third-order valence-electron chi connectivity index (χ3n) is 5.67. The van der Waals surface area contributed by atoms with Crippen LogP contribution in [0.5, 0.6) is 0 Å². The minimum atomic E-state index is -0.240. The summed E-state index contributed by atoms with van der Waals surface area (Å²) in [5.41, 5.74) is 3.85. The summed E-state index contributed by atoms with van der Waals surface area (Å²) in [5.74, 6) is -0.240. The zero-order chi connectivity index (χ0) is 22.6. The second-order valence-corrected chi connectivity index (χ2v) is 8.71. The molecule has 5 heteroatoms. The van der Waals surface area contributed by atoms with Crippen LogP contribution in [0.3, 0.4) is 0 Å². The highest BCUT2D eigenvalue weighted by Gasteiger charge is 2.12. The summed E-state index contributed by atoms with van der Waals surface area (Å²) in [6, 6.07) is 30.3. The van der Waals surface area contributed by atoms with E-state index in [0.717, 1.165) is 21.3 Å². The summed E-state index contributed by atoms with van der Waals surface area (Å²) in [6.45, 7) is 3.86. The van der Waals surface area contributed by atoms with Crippen molar-refractivity contribution in [1.82, 2.24) is 4.57 Å². The van der Waals surface area contributed by atoms with Gasteiger partial charge in [0.15, 0.2) is 4.80 Å². The number of thiazole rings is 1. The number of aromatic nitrogens is 1. The van der Waals surface area contributed by atoms with Gasteiger partial charge in [0.1, 0.15) is 0 Å². The molecule has 164 valence electrons. The van der Waals surface area contributed by atoms with E-state index in [0.29, 0.717) is 30.1 Å². The van der Waals surface area contributed by atoms with Crippen molar-refractivity contribution in [3.05, 3.63) is 101 Å². The Balaban J connectivity index is 1.56. The molecule has 1 amide bonds. The van der Waals surface area contributed by atoms with Crippen LogP contribution in [0, 0.1) is 0 Å². The molecule has 0 atom stereocenters. The minimum Gasteiger partial charge on any atom is -0.380 e. The third kappa shape index (κ3) is 4.38. The first-order valence-corrected chi connectivity index (χ1v) is 11.9. The third-order valence-corrected chi connectivity index (χ3v) is 6.80. The molecule has 4 nitrogen and oxygen atoms in total. The highest BCUT2D eigenvalue weighted by atomic mass is 32.1. The Hall–Kier alpha value is -3.54. The van der Waals surface area contributed by atoms with Gasteiger partial charge in [0, 0.05) is 24.1 Å². The van der Waals surface area contributed by atoms with Gasteiger partial charge in [-0.1, -0.05) is 84.1 Å². The van der Waals surface area contributed by atoms with Crippen LogP contribution in [0.1, 0.15) is 17.3 Å². The Morgan fingerprint density at radius 1 is 0.879 bits per heavy atom. The lowest BCUT2D eigenvalue weighted by Crippen LogP contribution is -2.19. The first kappa shape index (κ1) is 21.3. The van der Waals surface area contributed by atoms with E-state index in [9.17, 15) is 4.79 Å². The van der Waals surface area contributed by atoms with Crippen molar-refractivity contribution in [1.29, 1.82) is 0 Å². The fraction of sp³-hybridized carbons (Fsp3) is 0.143. The lowest BCUT2D eigenvalue weighted by Gasteiger charge is -2.06. The van der Waals surface area contributed by atoms with Crippen molar-refractivity contribution < 1.29 is 9.53 Å². The van der Waals surface area contributed by atoms with Gasteiger partial charge < -0.3 is 9.30 Å². The van der Waals surface area contributed by atoms with Gasteiger partial charge >= 0.3 is 0 Å². The Labute approximate surface area is 196 Å². The van der Waals surface area contributed by atoms with Gasteiger partial charge in [0.25, 0.3) is 5.91 Å². The molecule has 5 rings (SSSR count). The van der Waals surface area contributed by atoms with Crippen LogP contribution < -0.4 is 4.80 Å². The number of carbonyl (C=O) groups excluding carboxylic acids is 1. The molecule has 0 aliphatic heterocycles. The molecule has 0 aliphatic rings. The number of nitrogens with zero attached hydrogens (tertiary/aromatic N) is 2. The van der Waals surface area contributed by atoms with Crippen LogP contribution in [0.25, 0.3) is 32.1 Å². The standard InChI is InChI=1S/C28H24N2O2S/c1-2-32-19-18-30-25-17-16-22-10-6-7-11-24(22)26(25)33-28(30)29-27(31)23-14-12-21(13-15-23)20-8-4-3-5-9-20/h3-17H,2,18-19H2,1H3. The molecular formula is C28H24N2O2S. The Morgan fingerprint density at radius 2 is 1.61 bits per heavy atom. The molecular weight excluding hydrogens is 428 g/mol. The average Bonchev–Trinajstić information content (AvgIpc) is 3.22. The highest BCUT2D eigenvalue weighted by Crippen LogP contribution is 2.28. The van der Waals surface area contributed by atoms with Crippen LogP contribution in [0.4, 0.5) is 0 Å². The molecule has 0 saturated heterocycles. The molecule has 33 heavy (non-hydrogen) atoms. The fourth-order valence-corrected chi connectivity index (χ4v) is 5.18. The zero-order valence-electron chi connectivity index (χ0n) is 18.4. The van der Waals surface area contributed by atoms with Crippen LogP contribution in [-0.4, -0.2) is 23.7 Å². The predicted octanol–water partition coefficient (Wildman–Crippen LogP) is 6.30. The number of hydrogen-bond acceptors (Lipinski definition) is 3. The first-order chi connectivity index (χ1) is 16.2. The van der Waals surface area contributed by atoms with Gasteiger partial charge in [0.05, 0.1) is 16.8 Å². The maximum Gasteiger partial charge on any atom is 0.279 e. The molecule has 0 spiro atoms. The topological polar surface area (TPSA) is 43.6 Å². The quantitative estimate of drug-likeness (QED) is 0.284. The van der Waals surface area contributed by atoms with Gasteiger partial charge in [-0.3, -0.25) is 4.79 Å². The summed E-state index contributed by atoms with van der Waals surface area (Å²) in [7, 11) is 0. The number of ether oxygens (including phenoxy) is 1. The molecule has 0 radical (unpaired) electrons. The van der Waals surface area contributed by atoms with Gasteiger partial charge in [-0.25, -0.2) is 0 Å². The first-order valence-electron chi connectivity index (χ1n) is 11.1. The van der Waals surface area contributed by atoms with E-state index in [1.807, 2.05) is 61.5 Å². The lowest BCUT2D eigenvalue weighted by atomic mass is 10.0. The van der Waals surface area contributed by atoms with Gasteiger partial charge in [-0.05, 0) is 41.6 Å². The van der Waals surface area contributed by atoms with Crippen molar-refractivity contribution in [2.24, 2.45) is 4.99 Å². The summed E-state index contributed by atoms with van der Waals surface area (Å²) in [6.07, 6.45) is 0. The summed E-state index contributed by atoms with van der Waals surface area (Å²) >= 11 is 1.55. The molecule has 0 unspecified atom stereocenters. The van der Waals surface area contributed by atoms with Gasteiger partial charge in [0.2, 0.25) is 0 Å². The largest absolute Gasteiger partial charge is 0.380 e. The van der Waals surface area contributed by atoms with Crippen molar-refractivity contribution in [2.45, 2.75) is 13.5 Å². The Kier molecular flexibility index (Phi) is 6.15. The van der Waals surface area contributed by atoms with Gasteiger partial charge in [-0.2, -0.15) is 4.99 Å².